The summed E-state index contributed by atoms with van der Waals surface area (Å²) < 4.78 is 18.2. The number of nitrogens with one attached hydrogen (secondary N) is 1. The maximum absolute atomic E-state index is 13.7. The highest BCUT2D eigenvalue weighted by atomic mass is 19.1. The highest BCUT2D eigenvalue weighted by Crippen LogP contribution is 2.21. The molecule has 1 rings (SSSR count). The first kappa shape index (κ1) is 16.1. The molecule has 0 aliphatic carbocycles. The summed E-state index contributed by atoms with van der Waals surface area (Å²) in [5.74, 6) is -1.45. The fraction of sp³-hybridized carbons (Fsp3) is 0.429. The quantitative estimate of drug-likeness (QED) is 0.807. The van der Waals surface area contributed by atoms with Crippen LogP contribution in [0.1, 0.15) is 31.7 Å². The molecule has 0 aliphatic heterocycles. The molecule has 1 atom stereocenters. The predicted molar refractivity (Wildman–Crippen MR) is 73.7 cm³/mol. The number of halogens is 1. The number of ether oxygens (including phenoxy) is 1. The lowest BCUT2D eigenvalue weighted by Gasteiger charge is -2.11. The zero-order chi connectivity index (χ0) is 15.3. The maximum Gasteiger partial charge on any atom is 0.323 e. The Balaban J connectivity index is 2.67. The van der Waals surface area contributed by atoms with Gasteiger partial charge in [-0.25, -0.2) is 4.39 Å². The first-order valence-corrected chi connectivity index (χ1v) is 6.27. The van der Waals surface area contributed by atoms with E-state index in [2.05, 4.69) is 10.1 Å². The normalized spacial score (nSPS) is 12.1. The van der Waals surface area contributed by atoms with E-state index in [-0.39, 0.29) is 18.2 Å². The molecule has 0 saturated heterocycles. The van der Waals surface area contributed by atoms with Gasteiger partial charge >= 0.3 is 5.97 Å². The van der Waals surface area contributed by atoms with Crippen LogP contribution in [0.15, 0.2) is 18.2 Å². The fourth-order valence-corrected chi connectivity index (χ4v) is 1.72. The number of esters is 1. The first-order chi connectivity index (χ1) is 9.35. The first-order valence-electron chi connectivity index (χ1n) is 6.27. The summed E-state index contributed by atoms with van der Waals surface area (Å²) >= 11 is 0. The van der Waals surface area contributed by atoms with Gasteiger partial charge in [0.25, 0.3) is 0 Å². The number of rotatable bonds is 5. The summed E-state index contributed by atoms with van der Waals surface area (Å²) in [6.07, 6.45) is -0.222. The van der Waals surface area contributed by atoms with E-state index < -0.39 is 17.9 Å². The van der Waals surface area contributed by atoms with Crippen molar-refractivity contribution in [2.45, 2.75) is 32.2 Å². The molecule has 0 bridgehead atoms. The van der Waals surface area contributed by atoms with Gasteiger partial charge in [0.1, 0.15) is 11.9 Å². The molecule has 0 aromatic heterocycles. The van der Waals surface area contributed by atoms with Gasteiger partial charge in [-0.05, 0) is 23.6 Å². The number of nitrogens with two attached hydrogens (primary N) is 1. The van der Waals surface area contributed by atoms with E-state index in [1.54, 1.807) is 12.1 Å². The molecule has 1 amide bonds. The van der Waals surface area contributed by atoms with Crippen molar-refractivity contribution in [3.8, 4) is 0 Å². The van der Waals surface area contributed by atoms with Crippen molar-refractivity contribution < 1.29 is 18.7 Å². The van der Waals surface area contributed by atoms with E-state index >= 15 is 0 Å². The van der Waals surface area contributed by atoms with Gasteiger partial charge < -0.3 is 15.8 Å². The van der Waals surface area contributed by atoms with Crippen LogP contribution in [0, 0.1) is 5.82 Å². The molecular weight excluding hydrogens is 263 g/mol. The SMILES string of the molecule is COC(=O)[C@H](N)CC(=O)Nc1ccc(C(C)C)c(F)c1. The number of benzene rings is 1. The maximum atomic E-state index is 13.7. The molecule has 0 heterocycles. The number of carbonyl (C=O) groups is 2. The molecule has 0 fully saturated rings. The molecule has 5 nitrogen and oxygen atoms in total. The number of methoxy groups -OCH3 is 1. The second-order valence-corrected chi connectivity index (χ2v) is 4.77. The summed E-state index contributed by atoms with van der Waals surface area (Å²) in [6, 6.07) is 3.45. The monoisotopic (exact) mass is 282 g/mol. The minimum Gasteiger partial charge on any atom is -0.468 e. The number of hydrogen-bond acceptors (Lipinski definition) is 4. The molecule has 110 valence electrons. The van der Waals surface area contributed by atoms with Crippen LogP contribution < -0.4 is 11.1 Å². The van der Waals surface area contributed by atoms with Crippen LogP contribution in [0.2, 0.25) is 0 Å². The highest BCUT2D eigenvalue weighted by molar-refractivity contribution is 5.94. The van der Waals surface area contributed by atoms with Crippen LogP contribution >= 0.6 is 0 Å². The third kappa shape index (κ3) is 4.31. The van der Waals surface area contributed by atoms with Gasteiger partial charge in [-0.1, -0.05) is 19.9 Å². The van der Waals surface area contributed by atoms with Gasteiger partial charge in [-0.15, -0.1) is 0 Å². The largest absolute Gasteiger partial charge is 0.468 e. The fourth-order valence-electron chi connectivity index (χ4n) is 1.72. The van der Waals surface area contributed by atoms with Gasteiger partial charge in [-0.3, -0.25) is 9.59 Å². The van der Waals surface area contributed by atoms with Crippen LogP contribution in [0.3, 0.4) is 0 Å². The molecule has 0 radical (unpaired) electrons. The topological polar surface area (TPSA) is 81.4 Å². The second kappa shape index (κ2) is 7.00. The minimum absolute atomic E-state index is 0.0625. The molecule has 1 aromatic rings. The van der Waals surface area contributed by atoms with Crippen molar-refractivity contribution in [3.05, 3.63) is 29.6 Å². The van der Waals surface area contributed by atoms with Gasteiger partial charge in [0.05, 0.1) is 13.5 Å². The van der Waals surface area contributed by atoms with Gasteiger partial charge in [0, 0.05) is 5.69 Å². The second-order valence-electron chi connectivity index (χ2n) is 4.77. The van der Waals surface area contributed by atoms with Crippen molar-refractivity contribution >= 4 is 17.6 Å². The third-order valence-electron chi connectivity index (χ3n) is 2.82. The van der Waals surface area contributed by atoms with Crippen molar-refractivity contribution in [2.24, 2.45) is 5.73 Å². The Kier molecular flexibility index (Phi) is 5.64. The van der Waals surface area contributed by atoms with Crippen LogP contribution in [0.5, 0.6) is 0 Å². The van der Waals surface area contributed by atoms with Gasteiger partial charge in [0.2, 0.25) is 5.91 Å². The van der Waals surface area contributed by atoms with Crippen molar-refractivity contribution in [1.29, 1.82) is 0 Å². The molecule has 20 heavy (non-hydrogen) atoms. The van der Waals surface area contributed by atoms with Gasteiger partial charge in [-0.2, -0.15) is 0 Å². The Morgan fingerprint density at radius 1 is 1.40 bits per heavy atom. The lowest BCUT2D eigenvalue weighted by molar-refractivity contribution is -0.143. The van der Waals surface area contributed by atoms with Crippen LogP contribution in [0.25, 0.3) is 0 Å². The van der Waals surface area contributed by atoms with Crippen molar-refractivity contribution in [2.75, 3.05) is 12.4 Å². The summed E-state index contributed by atoms with van der Waals surface area (Å²) in [5, 5.41) is 2.49. The minimum atomic E-state index is -1.03. The van der Waals surface area contributed by atoms with Gasteiger partial charge in [0.15, 0.2) is 0 Å². The Bertz CT molecular complexity index is 503. The Hall–Kier alpha value is -1.95. The summed E-state index contributed by atoms with van der Waals surface area (Å²) in [6.45, 7) is 3.76. The average Bonchev–Trinajstić information content (AvgIpc) is 2.37. The van der Waals surface area contributed by atoms with Crippen molar-refractivity contribution in [3.63, 3.8) is 0 Å². The van der Waals surface area contributed by atoms with E-state index in [0.29, 0.717) is 11.3 Å². The van der Waals surface area contributed by atoms with Crippen molar-refractivity contribution in [1.82, 2.24) is 0 Å². The molecular formula is C14H19FN2O3. The molecule has 1 aromatic carbocycles. The molecule has 0 saturated carbocycles. The number of carbonyl (C=O) groups excluding carboxylic acids is 2. The zero-order valence-corrected chi connectivity index (χ0v) is 11.8. The lowest BCUT2D eigenvalue weighted by Crippen LogP contribution is -2.35. The lowest BCUT2D eigenvalue weighted by atomic mass is 10.0. The molecule has 0 unspecified atom stereocenters. The van der Waals surface area contributed by atoms with E-state index in [9.17, 15) is 14.0 Å². The molecule has 3 N–H and O–H groups in total. The predicted octanol–water partition coefficient (Wildman–Crippen LogP) is 1.78. The number of hydrogen-bond donors (Lipinski definition) is 2. The zero-order valence-electron chi connectivity index (χ0n) is 11.8. The number of anilines is 1. The number of amides is 1. The van der Waals surface area contributed by atoms with Crippen LogP contribution in [-0.4, -0.2) is 25.0 Å². The van der Waals surface area contributed by atoms with Crippen LogP contribution in [0.4, 0.5) is 10.1 Å². The summed E-state index contributed by atoms with van der Waals surface area (Å²) in [4.78, 5) is 22.7. The molecule has 0 aliphatic rings. The third-order valence-corrected chi connectivity index (χ3v) is 2.82. The average molecular weight is 282 g/mol. The molecule has 0 spiro atoms. The smallest absolute Gasteiger partial charge is 0.323 e. The standard InChI is InChI=1S/C14H19FN2O3/c1-8(2)10-5-4-9(6-11(10)15)17-13(18)7-12(16)14(19)20-3/h4-6,8,12H,7,16H2,1-3H3,(H,17,18)/t12-/m1/s1. The summed E-state index contributed by atoms with van der Waals surface area (Å²) in [5.41, 5.74) is 6.37. The highest BCUT2D eigenvalue weighted by Gasteiger charge is 2.18. The molecule has 6 heteroatoms. The van der Waals surface area contributed by atoms with E-state index in [4.69, 9.17) is 5.73 Å². The Morgan fingerprint density at radius 2 is 2.05 bits per heavy atom. The van der Waals surface area contributed by atoms with E-state index in [1.807, 2.05) is 13.8 Å². The van der Waals surface area contributed by atoms with E-state index in [0.717, 1.165) is 0 Å². The van der Waals surface area contributed by atoms with E-state index in [1.165, 1.54) is 13.2 Å². The summed E-state index contributed by atoms with van der Waals surface area (Å²) in [7, 11) is 1.19. The Morgan fingerprint density at radius 3 is 2.55 bits per heavy atom. The Labute approximate surface area is 117 Å². The van der Waals surface area contributed by atoms with Crippen LogP contribution in [-0.2, 0) is 14.3 Å².